The summed E-state index contributed by atoms with van der Waals surface area (Å²) in [5.74, 6) is -0.163. The Kier molecular flexibility index (Phi) is 8.12. The molecule has 1 aromatic carbocycles. The van der Waals surface area contributed by atoms with Gasteiger partial charge in [0.25, 0.3) is 0 Å². The number of amides is 2. The van der Waals surface area contributed by atoms with E-state index < -0.39 is 6.04 Å². The highest BCUT2D eigenvalue weighted by molar-refractivity contribution is 7.18. The first kappa shape index (κ1) is 24.0. The highest BCUT2D eigenvalue weighted by Gasteiger charge is 2.26. The number of hydrogen-bond acceptors (Lipinski definition) is 5. The van der Waals surface area contributed by atoms with Gasteiger partial charge in [-0.1, -0.05) is 82.7 Å². The van der Waals surface area contributed by atoms with Crippen LogP contribution in [-0.4, -0.2) is 28.1 Å². The average molecular weight is 431 g/mol. The van der Waals surface area contributed by atoms with Crippen molar-refractivity contribution >= 4 is 28.3 Å². The zero-order valence-corrected chi connectivity index (χ0v) is 19.9. The molecule has 7 heteroatoms. The second kappa shape index (κ2) is 10.2. The summed E-state index contributed by atoms with van der Waals surface area (Å²) < 4.78 is 0. The molecular weight excluding hydrogens is 396 g/mol. The lowest BCUT2D eigenvalue weighted by molar-refractivity contribution is -0.128. The van der Waals surface area contributed by atoms with Crippen molar-refractivity contribution in [3.8, 4) is 10.6 Å². The summed E-state index contributed by atoms with van der Waals surface area (Å²) in [4.78, 5) is 25.3. The quantitative estimate of drug-likeness (QED) is 0.613. The third-order valence-corrected chi connectivity index (χ3v) is 5.60. The Morgan fingerprint density at radius 2 is 1.70 bits per heavy atom. The molecule has 0 radical (unpaired) electrons. The Bertz CT molecular complexity index is 853. The van der Waals surface area contributed by atoms with E-state index in [2.05, 4.69) is 48.5 Å². The highest BCUT2D eigenvalue weighted by Crippen LogP contribution is 2.27. The maximum absolute atomic E-state index is 12.8. The number of carbonyl (C=O) groups excluding carboxylic acids is 2. The van der Waals surface area contributed by atoms with E-state index in [0.717, 1.165) is 17.0 Å². The number of anilines is 1. The van der Waals surface area contributed by atoms with Crippen LogP contribution in [0.25, 0.3) is 10.6 Å². The largest absolute Gasteiger partial charge is 0.344 e. The van der Waals surface area contributed by atoms with Crippen molar-refractivity contribution in [2.45, 2.75) is 67.3 Å². The van der Waals surface area contributed by atoms with Crippen molar-refractivity contribution in [1.82, 2.24) is 15.5 Å². The fraction of sp³-hybridized carbons (Fsp3) is 0.565. The maximum atomic E-state index is 12.8. The Morgan fingerprint density at radius 3 is 2.27 bits per heavy atom. The second-order valence-electron chi connectivity index (χ2n) is 9.63. The molecule has 0 bridgehead atoms. The fourth-order valence-corrected chi connectivity index (χ4v) is 4.22. The number of nitrogens with zero attached hydrogens (tertiary/aromatic N) is 2. The summed E-state index contributed by atoms with van der Waals surface area (Å²) in [5.41, 5.74) is 2.30. The molecule has 0 aliphatic heterocycles. The minimum absolute atomic E-state index is 0.0450. The number of benzene rings is 1. The molecule has 30 heavy (non-hydrogen) atoms. The van der Waals surface area contributed by atoms with Crippen LogP contribution in [0.2, 0.25) is 0 Å². The van der Waals surface area contributed by atoms with Gasteiger partial charge in [0.05, 0.1) is 0 Å². The molecule has 2 atom stereocenters. The van der Waals surface area contributed by atoms with Crippen molar-refractivity contribution in [2.24, 2.45) is 17.3 Å². The second-order valence-corrected chi connectivity index (χ2v) is 10.6. The van der Waals surface area contributed by atoms with Crippen LogP contribution >= 0.6 is 11.3 Å². The van der Waals surface area contributed by atoms with Gasteiger partial charge in [-0.15, -0.1) is 10.2 Å². The molecule has 1 heterocycles. The normalized spacial score (nSPS) is 13.7. The van der Waals surface area contributed by atoms with Gasteiger partial charge in [-0.05, 0) is 30.6 Å². The first-order valence-electron chi connectivity index (χ1n) is 10.5. The molecule has 0 fully saturated rings. The van der Waals surface area contributed by atoms with Crippen LogP contribution in [0.1, 0.15) is 59.9 Å². The molecular formula is C23H34N4O2S. The lowest BCUT2D eigenvalue weighted by Crippen LogP contribution is -2.47. The molecule has 0 aliphatic rings. The fourth-order valence-electron chi connectivity index (χ4n) is 3.47. The van der Waals surface area contributed by atoms with E-state index in [1.807, 2.05) is 45.0 Å². The molecule has 2 amide bonds. The molecule has 1 aromatic heterocycles. The summed E-state index contributed by atoms with van der Waals surface area (Å²) in [6.45, 7) is 14.4. The number of carbonyl (C=O) groups is 2. The molecule has 0 saturated carbocycles. The summed E-state index contributed by atoms with van der Waals surface area (Å²) in [6.07, 6.45) is 1.36. The van der Waals surface area contributed by atoms with Gasteiger partial charge in [0.1, 0.15) is 11.0 Å². The zero-order valence-electron chi connectivity index (χ0n) is 19.1. The Labute approximate surface area is 183 Å². The van der Waals surface area contributed by atoms with Gasteiger partial charge in [0, 0.05) is 12.0 Å². The monoisotopic (exact) mass is 430 g/mol. The SMILES string of the molecule is Cc1ccc(-c2nnc(NC(=O)C(NC(=O)CC(C)CC(C)(C)C)C(C)C)s2)cc1. The predicted octanol–water partition coefficient (Wildman–Crippen LogP) is 5.06. The minimum Gasteiger partial charge on any atom is -0.344 e. The first-order chi connectivity index (χ1) is 13.9. The standard InChI is InChI=1S/C23H34N4O2S/c1-14(2)19(24-18(28)12-16(4)13-23(5,6)7)20(29)25-22-27-26-21(30-22)17-10-8-15(3)9-11-17/h8-11,14,16,19H,12-13H2,1-7H3,(H,24,28)(H,25,27,29). The van der Waals surface area contributed by atoms with Gasteiger partial charge in [-0.2, -0.15) is 0 Å². The molecule has 6 nitrogen and oxygen atoms in total. The van der Waals surface area contributed by atoms with Crippen molar-refractivity contribution in [3.63, 3.8) is 0 Å². The van der Waals surface area contributed by atoms with E-state index in [-0.39, 0.29) is 29.1 Å². The molecule has 0 spiro atoms. The van der Waals surface area contributed by atoms with Gasteiger partial charge < -0.3 is 5.32 Å². The van der Waals surface area contributed by atoms with Gasteiger partial charge in [-0.25, -0.2) is 0 Å². The first-order valence-corrected chi connectivity index (χ1v) is 11.3. The third kappa shape index (κ3) is 7.52. The molecule has 2 aromatic rings. The summed E-state index contributed by atoms with van der Waals surface area (Å²) in [5, 5.41) is 15.1. The molecule has 0 aliphatic carbocycles. The lowest BCUT2D eigenvalue weighted by Gasteiger charge is -2.25. The number of rotatable bonds is 8. The summed E-state index contributed by atoms with van der Waals surface area (Å²) >= 11 is 1.32. The van der Waals surface area contributed by atoms with Crippen molar-refractivity contribution in [1.29, 1.82) is 0 Å². The van der Waals surface area contributed by atoms with Crippen LogP contribution in [0.15, 0.2) is 24.3 Å². The predicted molar refractivity (Wildman–Crippen MR) is 123 cm³/mol. The molecule has 2 N–H and O–H groups in total. The van der Waals surface area contributed by atoms with E-state index in [1.54, 1.807) is 0 Å². The number of hydrogen-bond donors (Lipinski definition) is 2. The van der Waals surface area contributed by atoms with Crippen molar-refractivity contribution < 1.29 is 9.59 Å². The lowest BCUT2D eigenvalue weighted by atomic mass is 9.84. The van der Waals surface area contributed by atoms with E-state index >= 15 is 0 Å². The number of aryl methyl sites for hydroxylation is 1. The van der Waals surface area contributed by atoms with Gasteiger partial charge >= 0.3 is 0 Å². The number of nitrogens with one attached hydrogen (secondary N) is 2. The van der Waals surface area contributed by atoms with E-state index in [9.17, 15) is 9.59 Å². The third-order valence-electron chi connectivity index (χ3n) is 4.71. The maximum Gasteiger partial charge on any atom is 0.249 e. The molecule has 2 unspecified atom stereocenters. The van der Waals surface area contributed by atoms with Crippen LogP contribution in [0.3, 0.4) is 0 Å². The zero-order chi connectivity index (χ0) is 22.5. The summed E-state index contributed by atoms with van der Waals surface area (Å²) in [6, 6.07) is 7.38. The van der Waals surface area contributed by atoms with Crippen LogP contribution in [0.4, 0.5) is 5.13 Å². The van der Waals surface area contributed by atoms with E-state index in [0.29, 0.717) is 11.6 Å². The van der Waals surface area contributed by atoms with Gasteiger partial charge in [-0.3, -0.25) is 14.9 Å². The molecule has 2 rings (SSSR count). The van der Waals surface area contributed by atoms with Gasteiger partial charge in [0.2, 0.25) is 16.9 Å². The van der Waals surface area contributed by atoms with Crippen molar-refractivity contribution in [3.05, 3.63) is 29.8 Å². The number of aromatic nitrogens is 2. The topological polar surface area (TPSA) is 84.0 Å². The van der Waals surface area contributed by atoms with Crippen LogP contribution in [-0.2, 0) is 9.59 Å². The summed E-state index contributed by atoms with van der Waals surface area (Å²) in [7, 11) is 0. The van der Waals surface area contributed by atoms with Crippen LogP contribution in [0.5, 0.6) is 0 Å². The van der Waals surface area contributed by atoms with Crippen LogP contribution in [0, 0.1) is 24.2 Å². The van der Waals surface area contributed by atoms with E-state index in [1.165, 1.54) is 16.9 Å². The Balaban J connectivity index is 1.99. The average Bonchev–Trinajstić information content (AvgIpc) is 3.06. The Hall–Kier alpha value is -2.28. The smallest absolute Gasteiger partial charge is 0.249 e. The minimum atomic E-state index is -0.619. The molecule has 164 valence electrons. The van der Waals surface area contributed by atoms with Crippen LogP contribution < -0.4 is 10.6 Å². The highest BCUT2D eigenvalue weighted by atomic mass is 32.1. The van der Waals surface area contributed by atoms with Crippen molar-refractivity contribution in [2.75, 3.05) is 5.32 Å². The Morgan fingerprint density at radius 1 is 1.07 bits per heavy atom. The van der Waals surface area contributed by atoms with Gasteiger partial charge in [0.15, 0.2) is 0 Å². The molecule has 0 saturated heterocycles. The van der Waals surface area contributed by atoms with E-state index in [4.69, 9.17) is 0 Å².